The molecule has 0 aliphatic heterocycles. The van der Waals surface area contributed by atoms with Crippen molar-refractivity contribution in [2.45, 2.75) is 13.8 Å². The van der Waals surface area contributed by atoms with Gasteiger partial charge in [0.15, 0.2) is 0 Å². The van der Waals surface area contributed by atoms with Crippen LogP contribution in [0.2, 0.25) is 0 Å². The van der Waals surface area contributed by atoms with Crippen molar-refractivity contribution in [3.05, 3.63) is 52.1 Å². The van der Waals surface area contributed by atoms with Crippen molar-refractivity contribution in [3.63, 3.8) is 0 Å². The molecule has 2 rings (SSSR count). The van der Waals surface area contributed by atoms with Gasteiger partial charge >= 0.3 is 0 Å². The van der Waals surface area contributed by atoms with E-state index in [1.54, 1.807) is 0 Å². The molecule has 0 fully saturated rings. The SMILES string of the molecule is Cc1ccc(C)c(-c2ncccc2Br)c1. The predicted octanol–water partition coefficient (Wildman–Crippen LogP) is 4.13. The van der Waals surface area contributed by atoms with E-state index in [4.69, 9.17) is 0 Å². The Hall–Kier alpha value is -1.15. The van der Waals surface area contributed by atoms with E-state index in [9.17, 15) is 0 Å². The Morgan fingerprint density at radius 3 is 2.67 bits per heavy atom. The van der Waals surface area contributed by atoms with Crippen molar-refractivity contribution >= 4 is 15.9 Å². The van der Waals surface area contributed by atoms with Gasteiger partial charge in [-0.1, -0.05) is 17.7 Å². The smallest absolute Gasteiger partial charge is 0.0846 e. The van der Waals surface area contributed by atoms with Crippen molar-refractivity contribution in [2.24, 2.45) is 0 Å². The topological polar surface area (TPSA) is 12.9 Å². The Kier molecular flexibility index (Phi) is 2.87. The quantitative estimate of drug-likeness (QED) is 0.753. The molecule has 1 aromatic heterocycles. The van der Waals surface area contributed by atoms with E-state index in [1.165, 1.54) is 16.7 Å². The molecule has 0 amide bonds. The highest BCUT2D eigenvalue weighted by Crippen LogP contribution is 2.28. The third-order valence-corrected chi connectivity index (χ3v) is 3.05. The molecule has 0 unspecified atom stereocenters. The molecule has 0 atom stereocenters. The summed E-state index contributed by atoms with van der Waals surface area (Å²) < 4.78 is 1.04. The summed E-state index contributed by atoms with van der Waals surface area (Å²) in [5.41, 5.74) is 4.72. The number of hydrogen-bond donors (Lipinski definition) is 0. The van der Waals surface area contributed by atoms with Gasteiger partial charge in [0.25, 0.3) is 0 Å². The number of rotatable bonds is 1. The van der Waals surface area contributed by atoms with Crippen LogP contribution in [0, 0.1) is 13.8 Å². The molecule has 1 aromatic carbocycles. The highest BCUT2D eigenvalue weighted by molar-refractivity contribution is 9.10. The first-order valence-electron chi connectivity index (χ1n) is 4.86. The Morgan fingerprint density at radius 2 is 1.93 bits per heavy atom. The van der Waals surface area contributed by atoms with Crippen LogP contribution in [0.1, 0.15) is 11.1 Å². The average molecular weight is 262 g/mol. The van der Waals surface area contributed by atoms with Crippen molar-refractivity contribution in [1.82, 2.24) is 4.98 Å². The number of pyridine rings is 1. The molecule has 0 saturated heterocycles. The van der Waals surface area contributed by atoms with Gasteiger partial charge in [-0.05, 0) is 53.5 Å². The van der Waals surface area contributed by atoms with E-state index in [0.29, 0.717) is 0 Å². The maximum absolute atomic E-state index is 4.40. The monoisotopic (exact) mass is 261 g/mol. The fourth-order valence-corrected chi connectivity index (χ4v) is 2.04. The summed E-state index contributed by atoms with van der Waals surface area (Å²) in [5.74, 6) is 0. The lowest BCUT2D eigenvalue weighted by Crippen LogP contribution is -1.89. The van der Waals surface area contributed by atoms with E-state index in [0.717, 1.165) is 10.2 Å². The summed E-state index contributed by atoms with van der Waals surface area (Å²) in [6.07, 6.45) is 1.82. The minimum absolute atomic E-state index is 1.01. The normalized spacial score (nSPS) is 10.3. The van der Waals surface area contributed by atoms with Gasteiger partial charge in [0.2, 0.25) is 0 Å². The van der Waals surface area contributed by atoms with Gasteiger partial charge in [0, 0.05) is 16.2 Å². The number of aryl methyl sites for hydroxylation is 2. The molecule has 0 aliphatic rings. The first kappa shape index (κ1) is 10.4. The van der Waals surface area contributed by atoms with Crippen LogP contribution < -0.4 is 0 Å². The van der Waals surface area contributed by atoms with Crippen molar-refractivity contribution in [3.8, 4) is 11.3 Å². The highest BCUT2D eigenvalue weighted by Gasteiger charge is 2.06. The predicted molar refractivity (Wildman–Crippen MR) is 66.8 cm³/mol. The maximum atomic E-state index is 4.40. The summed E-state index contributed by atoms with van der Waals surface area (Å²) in [4.78, 5) is 4.40. The number of hydrogen-bond acceptors (Lipinski definition) is 1. The van der Waals surface area contributed by atoms with Gasteiger partial charge in [-0.3, -0.25) is 4.98 Å². The zero-order valence-corrected chi connectivity index (χ0v) is 10.4. The number of halogens is 1. The van der Waals surface area contributed by atoms with Gasteiger partial charge in [-0.2, -0.15) is 0 Å². The van der Waals surface area contributed by atoms with Crippen molar-refractivity contribution in [1.29, 1.82) is 0 Å². The minimum atomic E-state index is 1.01. The fraction of sp³-hybridized carbons (Fsp3) is 0.154. The van der Waals surface area contributed by atoms with Crippen LogP contribution in [0.15, 0.2) is 41.0 Å². The Labute approximate surface area is 98.3 Å². The maximum Gasteiger partial charge on any atom is 0.0846 e. The zero-order chi connectivity index (χ0) is 10.8. The molecule has 0 bridgehead atoms. The van der Waals surface area contributed by atoms with Crippen LogP contribution in [0.4, 0.5) is 0 Å². The van der Waals surface area contributed by atoms with E-state index in [1.807, 2.05) is 18.3 Å². The summed E-state index contributed by atoms with van der Waals surface area (Å²) in [7, 11) is 0. The Morgan fingerprint density at radius 1 is 1.13 bits per heavy atom. The van der Waals surface area contributed by atoms with Crippen LogP contribution in [0.3, 0.4) is 0 Å². The van der Waals surface area contributed by atoms with E-state index in [-0.39, 0.29) is 0 Å². The molecule has 1 nitrogen and oxygen atoms in total. The molecule has 15 heavy (non-hydrogen) atoms. The van der Waals surface area contributed by atoms with Gasteiger partial charge in [-0.25, -0.2) is 0 Å². The van der Waals surface area contributed by atoms with Gasteiger partial charge in [-0.15, -0.1) is 0 Å². The van der Waals surface area contributed by atoms with Crippen LogP contribution in [-0.4, -0.2) is 4.98 Å². The standard InChI is InChI=1S/C13H12BrN/c1-9-5-6-10(2)11(8-9)13-12(14)4-3-7-15-13/h3-8H,1-2H3. The second kappa shape index (κ2) is 4.15. The molecule has 0 saturated carbocycles. The second-order valence-corrected chi connectivity index (χ2v) is 4.51. The molecule has 0 spiro atoms. The molecular formula is C13H12BrN. The number of nitrogens with zero attached hydrogens (tertiary/aromatic N) is 1. The Bertz CT molecular complexity index is 492. The summed E-state index contributed by atoms with van der Waals surface area (Å²) in [6, 6.07) is 10.4. The molecule has 0 aliphatic carbocycles. The van der Waals surface area contributed by atoms with Crippen LogP contribution >= 0.6 is 15.9 Å². The highest BCUT2D eigenvalue weighted by atomic mass is 79.9. The zero-order valence-electron chi connectivity index (χ0n) is 8.79. The molecule has 1 heterocycles. The van der Waals surface area contributed by atoms with Crippen molar-refractivity contribution < 1.29 is 0 Å². The van der Waals surface area contributed by atoms with Crippen LogP contribution in [0.25, 0.3) is 11.3 Å². The number of benzene rings is 1. The van der Waals surface area contributed by atoms with Gasteiger partial charge in [0.05, 0.1) is 5.69 Å². The molecule has 76 valence electrons. The second-order valence-electron chi connectivity index (χ2n) is 3.65. The Balaban J connectivity index is 2.64. The minimum Gasteiger partial charge on any atom is -0.255 e. The molecule has 2 heteroatoms. The van der Waals surface area contributed by atoms with E-state index < -0.39 is 0 Å². The molecular weight excluding hydrogens is 250 g/mol. The molecule has 2 aromatic rings. The largest absolute Gasteiger partial charge is 0.255 e. The average Bonchev–Trinajstić information content (AvgIpc) is 2.23. The summed E-state index contributed by atoms with van der Waals surface area (Å²) in [6.45, 7) is 4.20. The third-order valence-electron chi connectivity index (χ3n) is 2.41. The van der Waals surface area contributed by atoms with Crippen LogP contribution in [-0.2, 0) is 0 Å². The first-order valence-corrected chi connectivity index (χ1v) is 5.66. The van der Waals surface area contributed by atoms with Gasteiger partial charge in [0.1, 0.15) is 0 Å². The van der Waals surface area contributed by atoms with E-state index >= 15 is 0 Å². The fourth-order valence-electron chi connectivity index (χ4n) is 1.57. The van der Waals surface area contributed by atoms with Crippen LogP contribution in [0.5, 0.6) is 0 Å². The van der Waals surface area contributed by atoms with Crippen molar-refractivity contribution in [2.75, 3.05) is 0 Å². The summed E-state index contributed by atoms with van der Waals surface area (Å²) >= 11 is 3.53. The summed E-state index contributed by atoms with van der Waals surface area (Å²) in [5, 5.41) is 0. The van der Waals surface area contributed by atoms with E-state index in [2.05, 4.69) is 53.0 Å². The lowest BCUT2D eigenvalue weighted by molar-refractivity contribution is 1.28. The van der Waals surface area contributed by atoms with Gasteiger partial charge < -0.3 is 0 Å². The molecule has 0 N–H and O–H groups in total. The molecule has 0 radical (unpaired) electrons. The number of aromatic nitrogens is 1. The lowest BCUT2D eigenvalue weighted by Gasteiger charge is -2.07. The first-order chi connectivity index (χ1) is 7.18. The lowest BCUT2D eigenvalue weighted by atomic mass is 10.0. The third kappa shape index (κ3) is 2.10.